The Morgan fingerprint density at radius 1 is 1.19 bits per heavy atom. The van der Waals surface area contributed by atoms with E-state index in [4.69, 9.17) is 4.42 Å². The van der Waals surface area contributed by atoms with Crippen molar-refractivity contribution >= 4 is 23.2 Å². The second-order valence-electron chi connectivity index (χ2n) is 8.35. The quantitative estimate of drug-likeness (QED) is 0.572. The number of nitro benzene ring substituents is 1. The first kappa shape index (κ1) is 21.7. The number of piperidine rings is 1. The lowest BCUT2D eigenvalue weighted by molar-refractivity contribution is -0.384. The third-order valence-electron chi connectivity index (χ3n) is 6.22. The number of benzene rings is 1. The van der Waals surface area contributed by atoms with Gasteiger partial charge in [-0.1, -0.05) is 0 Å². The lowest BCUT2D eigenvalue weighted by atomic mass is 9.93. The highest BCUT2D eigenvalue weighted by atomic mass is 16.6. The van der Waals surface area contributed by atoms with Crippen LogP contribution in [0.4, 0.5) is 5.69 Å². The average Bonchev–Trinajstić information content (AvgIpc) is 3.14. The van der Waals surface area contributed by atoms with E-state index in [2.05, 4.69) is 17.5 Å². The Balaban J connectivity index is 1.55. The Kier molecular flexibility index (Phi) is 6.07. The van der Waals surface area contributed by atoms with Crippen molar-refractivity contribution in [1.82, 2.24) is 10.3 Å². The molecule has 0 saturated carbocycles. The van der Waals surface area contributed by atoms with Crippen molar-refractivity contribution in [3.63, 3.8) is 0 Å². The molecule has 32 heavy (non-hydrogen) atoms. The summed E-state index contributed by atoms with van der Waals surface area (Å²) < 4.78 is 6.01. The normalized spacial score (nSPS) is 19.5. The van der Waals surface area contributed by atoms with E-state index in [1.807, 2.05) is 11.8 Å². The molecule has 1 fully saturated rings. The van der Waals surface area contributed by atoms with Crippen LogP contribution in [0.5, 0.6) is 0 Å². The first-order valence-corrected chi connectivity index (χ1v) is 10.9. The molecule has 9 nitrogen and oxygen atoms in total. The number of likely N-dealkylation sites (tertiary alicyclic amines) is 1. The van der Waals surface area contributed by atoms with Gasteiger partial charge in [0.1, 0.15) is 5.76 Å². The molecule has 1 saturated heterocycles. The summed E-state index contributed by atoms with van der Waals surface area (Å²) in [6, 6.07) is 5.52. The Labute approximate surface area is 185 Å². The number of carbonyl (C=O) groups is 2. The number of amides is 2. The van der Waals surface area contributed by atoms with Gasteiger partial charge in [-0.05, 0) is 58.1 Å². The molecule has 2 amide bonds. The van der Waals surface area contributed by atoms with Crippen molar-refractivity contribution in [2.24, 2.45) is 5.10 Å². The first-order chi connectivity index (χ1) is 15.4. The van der Waals surface area contributed by atoms with Gasteiger partial charge >= 0.3 is 0 Å². The SMILES string of the molecule is Cc1c(C(=O)N2CCCCC2C)oc2c1/C(=N/NC(=O)c1ccc([N+](=O)[O-])cc1)CCC2. The van der Waals surface area contributed by atoms with Crippen molar-refractivity contribution in [3.05, 3.63) is 62.6 Å². The molecule has 1 aliphatic heterocycles. The topological polar surface area (TPSA) is 118 Å². The summed E-state index contributed by atoms with van der Waals surface area (Å²) >= 11 is 0. The molecule has 2 aliphatic rings. The van der Waals surface area contributed by atoms with Crippen molar-refractivity contribution in [3.8, 4) is 0 Å². The molecule has 2 heterocycles. The minimum absolute atomic E-state index is 0.0842. The number of hydrogen-bond donors (Lipinski definition) is 1. The number of fused-ring (bicyclic) bond motifs is 1. The summed E-state index contributed by atoms with van der Waals surface area (Å²) in [4.78, 5) is 37.8. The van der Waals surface area contributed by atoms with Crippen LogP contribution in [0.2, 0.25) is 0 Å². The van der Waals surface area contributed by atoms with Gasteiger partial charge in [0.2, 0.25) is 0 Å². The molecule has 1 unspecified atom stereocenters. The van der Waals surface area contributed by atoms with E-state index in [1.165, 1.54) is 24.3 Å². The predicted octanol–water partition coefficient (Wildman–Crippen LogP) is 3.98. The molecular weight excluding hydrogens is 412 g/mol. The summed E-state index contributed by atoms with van der Waals surface area (Å²) in [5, 5.41) is 15.1. The molecule has 1 aromatic carbocycles. The highest BCUT2D eigenvalue weighted by molar-refractivity contribution is 6.07. The van der Waals surface area contributed by atoms with Gasteiger partial charge in [0.05, 0.1) is 10.6 Å². The summed E-state index contributed by atoms with van der Waals surface area (Å²) in [5.74, 6) is 0.544. The van der Waals surface area contributed by atoms with Crippen LogP contribution in [-0.2, 0) is 6.42 Å². The zero-order valence-corrected chi connectivity index (χ0v) is 18.2. The number of nitrogens with zero attached hydrogens (tertiary/aromatic N) is 3. The number of rotatable bonds is 4. The fourth-order valence-corrected chi connectivity index (χ4v) is 4.43. The smallest absolute Gasteiger partial charge is 0.290 e. The van der Waals surface area contributed by atoms with Gasteiger partial charge in [0, 0.05) is 47.8 Å². The molecule has 1 aromatic heterocycles. The molecule has 0 bridgehead atoms. The number of carbonyl (C=O) groups excluding carboxylic acids is 2. The minimum Gasteiger partial charge on any atom is -0.455 e. The first-order valence-electron chi connectivity index (χ1n) is 10.9. The number of hydrazone groups is 1. The van der Waals surface area contributed by atoms with Gasteiger partial charge in [0.15, 0.2) is 5.76 Å². The van der Waals surface area contributed by atoms with Crippen LogP contribution < -0.4 is 5.43 Å². The van der Waals surface area contributed by atoms with Crippen LogP contribution in [0.1, 0.15) is 76.8 Å². The van der Waals surface area contributed by atoms with E-state index in [0.29, 0.717) is 24.3 Å². The molecule has 1 N–H and O–H groups in total. The fourth-order valence-electron chi connectivity index (χ4n) is 4.43. The van der Waals surface area contributed by atoms with Crippen LogP contribution >= 0.6 is 0 Å². The summed E-state index contributed by atoms with van der Waals surface area (Å²) in [7, 11) is 0. The van der Waals surface area contributed by atoms with E-state index < -0.39 is 10.8 Å². The Hall–Kier alpha value is -3.49. The lowest BCUT2D eigenvalue weighted by Crippen LogP contribution is -2.42. The fraction of sp³-hybridized carbons (Fsp3) is 0.435. The van der Waals surface area contributed by atoms with Crippen molar-refractivity contribution in [1.29, 1.82) is 0 Å². The second kappa shape index (κ2) is 8.94. The highest BCUT2D eigenvalue weighted by Gasteiger charge is 2.32. The van der Waals surface area contributed by atoms with Gasteiger partial charge in [0.25, 0.3) is 17.5 Å². The Morgan fingerprint density at radius 3 is 2.62 bits per heavy atom. The molecule has 2 aromatic rings. The van der Waals surface area contributed by atoms with Crippen molar-refractivity contribution < 1.29 is 18.9 Å². The maximum absolute atomic E-state index is 13.2. The maximum atomic E-state index is 13.2. The number of nitro groups is 1. The van der Waals surface area contributed by atoms with Crippen LogP contribution in [0.3, 0.4) is 0 Å². The van der Waals surface area contributed by atoms with E-state index in [-0.39, 0.29) is 23.2 Å². The number of non-ortho nitro benzene ring substituents is 1. The zero-order chi connectivity index (χ0) is 22.8. The van der Waals surface area contributed by atoms with Crippen LogP contribution in [0.15, 0.2) is 33.8 Å². The average molecular weight is 438 g/mol. The number of aryl methyl sites for hydroxylation is 1. The van der Waals surface area contributed by atoms with E-state index >= 15 is 0 Å². The van der Waals surface area contributed by atoms with E-state index in [0.717, 1.165) is 49.1 Å². The highest BCUT2D eigenvalue weighted by Crippen LogP contribution is 2.31. The molecule has 1 aliphatic carbocycles. The zero-order valence-electron chi connectivity index (χ0n) is 18.2. The molecule has 0 spiro atoms. The molecule has 4 rings (SSSR count). The van der Waals surface area contributed by atoms with Crippen LogP contribution in [0.25, 0.3) is 0 Å². The standard InChI is InChI=1S/C23H26N4O5/c1-14-6-3-4-13-26(14)23(29)21-15(2)20-18(7-5-8-19(20)32-21)24-25-22(28)16-9-11-17(12-10-16)27(30)31/h9-12,14H,3-8,13H2,1-2H3,(H,25,28)/b24-18+. The molecule has 1 atom stereocenters. The minimum atomic E-state index is -0.517. The summed E-state index contributed by atoms with van der Waals surface area (Å²) in [5.41, 5.74) is 4.95. The molecule has 0 radical (unpaired) electrons. The third-order valence-corrected chi connectivity index (χ3v) is 6.22. The van der Waals surface area contributed by atoms with Crippen LogP contribution in [0, 0.1) is 17.0 Å². The molecule has 168 valence electrons. The Morgan fingerprint density at radius 2 is 1.94 bits per heavy atom. The van der Waals surface area contributed by atoms with E-state index in [1.54, 1.807) is 0 Å². The van der Waals surface area contributed by atoms with Gasteiger partial charge in [-0.3, -0.25) is 19.7 Å². The van der Waals surface area contributed by atoms with Gasteiger partial charge in [-0.2, -0.15) is 5.10 Å². The molecular formula is C23H26N4O5. The largest absolute Gasteiger partial charge is 0.455 e. The summed E-state index contributed by atoms with van der Waals surface area (Å²) in [6.45, 7) is 4.66. The van der Waals surface area contributed by atoms with E-state index in [9.17, 15) is 19.7 Å². The Bertz CT molecular complexity index is 1090. The van der Waals surface area contributed by atoms with Gasteiger partial charge < -0.3 is 9.32 Å². The predicted molar refractivity (Wildman–Crippen MR) is 118 cm³/mol. The monoisotopic (exact) mass is 438 g/mol. The maximum Gasteiger partial charge on any atom is 0.290 e. The van der Waals surface area contributed by atoms with Gasteiger partial charge in [-0.25, -0.2) is 5.43 Å². The number of furan rings is 1. The van der Waals surface area contributed by atoms with Crippen molar-refractivity contribution in [2.75, 3.05) is 6.54 Å². The van der Waals surface area contributed by atoms with Gasteiger partial charge in [-0.15, -0.1) is 0 Å². The number of nitrogens with one attached hydrogen (secondary N) is 1. The van der Waals surface area contributed by atoms with Crippen molar-refractivity contribution in [2.45, 2.75) is 58.4 Å². The van der Waals surface area contributed by atoms with Crippen LogP contribution in [-0.4, -0.2) is 39.9 Å². The number of hydrogen-bond acceptors (Lipinski definition) is 6. The lowest BCUT2D eigenvalue weighted by Gasteiger charge is -2.32. The summed E-state index contributed by atoms with van der Waals surface area (Å²) in [6.07, 6.45) is 5.29. The third kappa shape index (κ3) is 4.15. The second-order valence-corrected chi connectivity index (χ2v) is 8.35. The molecule has 9 heteroatoms.